The van der Waals surface area contributed by atoms with Crippen LogP contribution in [0.2, 0.25) is 0 Å². The molecule has 5 heterocycles. The average molecular weight is 505 g/mol. The quantitative estimate of drug-likeness (QED) is 0.421. The molecule has 0 amide bonds. The molecule has 2 aliphatic rings. The number of aryl methyl sites for hydroxylation is 1. The van der Waals surface area contributed by atoms with Gasteiger partial charge < -0.3 is 19.7 Å². The standard InChI is InChI=1S/C27H30F2N8/c1-4-35-9-11-36(12-10-35)18-5-6-22(30-15-18)32-26-31-16-20(29)24(34-26)17-13-19(28)25-21(14-17)37-23(33-25)7-8-27(37,2)3/h5-6,13-16H,4,7-12H2,1-3H3,(H,30,31,32,34). The van der Waals surface area contributed by atoms with Gasteiger partial charge in [-0.05, 0) is 51.1 Å². The molecule has 2 aliphatic heterocycles. The topological polar surface area (TPSA) is 75.0 Å². The second-order valence-electron chi connectivity index (χ2n) is 10.3. The highest BCUT2D eigenvalue weighted by molar-refractivity contribution is 5.83. The van der Waals surface area contributed by atoms with Gasteiger partial charge in [0.2, 0.25) is 5.95 Å². The van der Waals surface area contributed by atoms with Crippen molar-refractivity contribution in [1.29, 1.82) is 0 Å². The van der Waals surface area contributed by atoms with Crippen LogP contribution in [0, 0.1) is 11.6 Å². The van der Waals surface area contributed by atoms with Crippen molar-refractivity contribution in [1.82, 2.24) is 29.4 Å². The summed E-state index contributed by atoms with van der Waals surface area (Å²) in [5, 5.41) is 3.05. The first kappa shape index (κ1) is 23.7. The van der Waals surface area contributed by atoms with Crippen LogP contribution in [0.5, 0.6) is 0 Å². The van der Waals surface area contributed by atoms with Gasteiger partial charge in [0.15, 0.2) is 11.6 Å². The number of fused-ring (bicyclic) bond motifs is 3. The molecule has 0 spiro atoms. The molecule has 1 aromatic carbocycles. The van der Waals surface area contributed by atoms with Crippen molar-refractivity contribution in [3.05, 3.63) is 54.1 Å². The van der Waals surface area contributed by atoms with Crippen LogP contribution < -0.4 is 10.2 Å². The number of anilines is 3. The van der Waals surface area contributed by atoms with Crippen molar-refractivity contribution in [2.75, 3.05) is 42.9 Å². The number of halogens is 2. The number of imidazole rings is 1. The van der Waals surface area contributed by atoms with Gasteiger partial charge in [-0.15, -0.1) is 0 Å². The van der Waals surface area contributed by atoms with Gasteiger partial charge in [-0.3, -0.25) is 0 Å². The Balaban J connectivity index is 1.26. The van der Waals surface area contributed by atoms with E-state index < -0.39 is 11.6 Å². The van der Waals surface area contributed by atoms with E-state index in [1.165, 1.54) is 6.07 Å². The first-order valence-electron chi connectivity index (χ1n) is 12.8. The van der Waals surface area contributed by atoms with Crippen molar-refractivity contribution in [2.24, 2.45) is 0 Å². The Morgan fingerprint density at radius 2 is 1.78 bits per heavy atom. The molecule has 0 aliphatic carbocycles. The van der Waals surface area contributed by atoms with E-state index in [0.717, 1.165) is 63.3 Å². The fraction of sp³-hybridized carbons (Fsp3) is 0.407. The lowest BCUT2D eigenvalue weighted by Crippen LogP contribution is -2.46. The van der Waals surface area contributed by atoms with Gasteiger partial charge in [-0.2, -0.15) is 0 Å². The number of pyridine rings is 1. The third-order valence-electron chi connectivity index (χ3n) is 7.54. The van der Waals surface area contributed by atoms with Crippen molar-refractivity contribution in [3.8, 4) is 11.3 Å². The maximum Gasteiger partial charge on any atom is 0.229 e. The van der Waals surface area contributed by atoms with Crippen LogP contribution in [-0.4, -0.2) is 62.1 Å². The molecule has 1 saturated heterocycles. The lowest BCUT2D eigenvalue weighted by Gasteiger charge is -2.35. The minimum atomic E-state index is -0.626. The summed E-state index contributed by atoms with van der Waals surface area (Å²) in [4.78, 5) is 22.2. The summed E-state index contributed by atoms with van der Waals surface area (Å²) < 4.78 is 32.0. The number of nitrogens with one attached hydrogen (secondary N) is 1. The summed E-state index contributed by atoms with van der Waals surface area (Å²) in [5.74, 6) is 0.468. The fourth-order valence-electron chi connectivity index (χ4n) is 5.41. The molecule has 1 fully saturated rings. The number of aromatic nitrogens is 5. The van der Waals surface area contributed by atoms with E-state index in [1.807, 2.05) is 18.3 Å². The molecule has 0 saturated carbocycles. The van der Waals surface area contributed by atoms with Crippen molar-refractivity contribution in [2.45, 2.75) is 39.2 Å². The Labute approximate surface area is 214 Å². The second-order valence-corrected chi connectivity index (χ2v) is 10.3. The second kappa shape index (κ2) is 9.02. The summed E-state index contributed by atoms with van der Waals surface area (Å²) in [5.41, 5.74) is 2.19. The maximum atomic E-state index is 15.1. The van der Waals surface area contributed by atoms with Crippen LogP contribution in [0.15, 0.2) is 36.7 Å². The predicted octanol–water partition coefficient (Wildman–Crippen LogP) is 4.73. The summed E-state index contributed by atoms with van der Waals surface area (Å²) in [6.45, 7) is 11.5. The maximum absolute atomic E-state index is 15.1. The third-order valence-corrected chi connectivity index (χ3v) is 7.54. The Bertz CT molecular complexity index is 1460. The van der Waals surface area contributed by atoms with Gasteiger partial charge in [0.05, 0.1) is 23.6 Å². The normalized spacial score (nSPS) is 17.4. The van der Waals surface area contributed by atoms with Crippen LogP contribution in [0.25, 0.3) is 22.3 Å². The third kappa shape index (κ3) is 4.29. The molecule has 6 rings (SSSR count). The molecule has 10 heteroatoms. The summed E-state index contributed by atoms with van der Waals surface area (Å²) in [6.07, 6.45) is 4.62. The first-order valence-corrected chi connectivity index (χ1v) is 12.8. The molecule has 0 bridgehead atoms. The zero-order chi connectivity index (χ0) is 25.7. The number of hydrogen-bond acceptors (Lipinski definition) is 7. The minimum Gasteiger partial charge on any atom is -0.368 e. The van der Waals surface area contributed by atoms with Gasteiger partial charge in [0.1, 0.15) is 22.9 Å². The number of piperazine rings is 1. The number of likely N-dealkylation sites (N-methyl/N-ethyl adjacent to an activating group) is 1. The molecule has 0 unspecified atom stereocenters. The molecule has 192 valence electrons. The summed E-state index contributed by atoms with van der Waals surface area (Å²) in [7, 11) is 0. The molecular formula is C27H30F2N8. The molecule has 4 aromatic rings. The van der Waals surface area contributed by atoms with Crippen LogP contribution in [-0.2, 0) is 12.0 Å². The zero-order valence-corrected chi connectivity index (χ0v) is 21.3. The molecule has 0 atom stereocenters. The monoisotopic (exact) mass is 504 g/mol. The molecule has 3 aromatic heterocycles. The smallest absolute Gasteiger partial charge is 0.229 e. The van der Waals surface area contributed by atoms with Crippen LogP contribution in [0.3, 0.4) is 0 Å². The van der Waals surface area contributed by atoms with E-state index in [1.54, 1.807) is 6.07 Å². The SMILES string of the molecule is CCN1CCN(c2ccc(Nc3ncc(F)c(-c4cc(F)c5nc6n(c5c4)C(C)(C)CC6)n3)nc2)CC1. The van der Waals surface area contributed by atoms with E-state index in [4.69, 9.17) is 0 Å². The van der Waals surface area contributed by atoms with E-state index in [9.17, 15) is 4.39 Å². The Hall–Kier alpha value is -3.66. The summed E-state index contributed by atoms with van der Waals surface area (Å²) in [6, 6.07) is 6.92. The predicted molar refractivity (Wildman–Crippen MR) is 140 cm³/mol. The van der Waals surface area contributed by atoms with E-state index in [0.29, 0.717) is 22.4 Å². The number of hydrogen-bond donors (Lipinski definition) is 1. The first-order chi connectivity index (χ1) is 17.8. The van der Waals surface area contributed by atoms with E-state index >= 15 is 4.39 Å². The Kier molecular flexibility index (Phi) is 5.78. The van der Waals surface area contributed by atoms with Crippen LogP contribution in [0.4, 0.5) is 26.2 Å². The highest BCUT2D eigenvalue weighted by Crippen LogP contribution is 2.38. The van der Waals surface area contributed by atoms with Crippen LogP contribution in [0.1, 0.15) is 33.0 Å². The van der Waals surface area contributed by atoms with E-state index in [-0.39, 0.29) is 17.2 Å². The van der Waals surface area contributed by atoms with Gasteiger partial charge in [0.25, 0.3) is 0 Å². The zero-order valence-electron chi connectivity index (χ0n) is 21.3. The van der Waals surface area contributed by atoms with E-state index in [2.05, 4.69) is 60.4 Å². The molecular weight excluding hydrogens is 474 g/mol. The molecule has 1 N–H and O–H groups in total. The number of rotatable bonds is 5. The lowest BCUT2D eigenvalue weighted by molar-refractivity contribution is 0.271. The van der Waals surface area contributed by atoms with Crippen molar-refractivity contribution >= 4 is 28.5 Å². The largest absolute Gasteiger partial charge is 0.368 e. The Morgan fingerprint density at radius 3 is 2.51 bits per heavy atom. The highest BCUT2D eigenvalue weighted by Gasteiger charge is 2.33. The fourth-order valence-corrected chi connectivity index (χ4v) is 5.41. The summed E-state index contributed by atoms with van der Waals surface area (Å²) >= 11 is 0. The van der Waals surface area contributed by atoms with Gasteiger partial charge >= 0.3 is 0 Å². The van der Waals surface area contributed by atoms with Crippen molar-refractivity contribution < 1.29 is 8.78 Å². The van der Waals surface area contributed by atoms with Gasteiger partial charge in [-0.1, -0.05) is 6.92 Å². The van der Waals surface area contributed by atoms with Gasteiger partial charge in [0, 0.05) is 43.7 Å². The van der Waals surface area contributed by atoms with Crippen LogP contribution >= 0.6 is 0 Å². The number of benzene rings is 1. The lowest BCUT2D eigenvalue weighted by atomic mass is 10.0. The van der Waals surface area contributed by atoms with Gasteiger partial charge in [-0.25, -0.2) is 28.7 Å². The average Bonchev–Trinajstić information content (AvgIpc) is 3.43. The Morgan fingerprint density at radius 1 is 0.973 bits per heavy atom. The highest BCUT2D eigenvalue weighted by atomic mass is 19.1. The number of nitrogens with zero attached hydrogens (tertiary/aromatic N) is 7. The molecule has 37 heavy (non-hydrogen) atoms. The minimum absolute atomic E-state index is 0.0232. The van der Waals surface area contributed by atoms with Crippen molar-refractivity contribution in [3.63, 3.8) is 0 Å². The molecule has 0 radical (unpaired) electrons. The molecule has 8 nitrogen and oxygen atoms in total.